The molecule has 14 nitrogen and oxygen atoms in total. The molecule has 6 aromatic rings. The molecule has 64 heavy (non-hydrogen) atoms. The van der Waals surface area contributed by atoms with E-state index < -0.39 is 0 Å². The standard InChI is InChI=1S/2C25H26N4O3/c1-15-10-16(2)24(17(3)11-15)27-23-14-20-19-13-22(31-5)21(30-4)12-18(19)6-8-29(20)25(28-23)32-9-7-26;1-15-10-16(2)24(17(3)11-15)27-23-14-20-19-13-22(32-5)21(31-4)12-18(19)6-8-28(20)25(30)29(23)9-7-26/h2*10-14H,6,8-9H2,1-5H3. The number of ether oxygens (including phenoxy) is 5. The molecule has 2 aliphatic rings. The lowest BCUT2D eigenvalue weighted by molar-refractivity contribution is 0.311. The number of hydrogen-bond acceptors (Lipinski definition) is 11. The smallest absolute Gasteiger partial charge is 0.331 e. The molecule has 2 aliphatic heterocycles. The van der Waals surface area contributed by atoms with Crippen molar-refractivity contribution in [2.75, 3.05) is 35.0 Å². The average molecular weight is 861 g/mol. The molecule has 0 saturated carbocycles. The summed E-state index contributed by atoms with van der Waals surface area (Å²) in [6, 6.07) is 24.6. The summed E-state index contributed by atoms with van der Waals surface area (Å²) >= 11 is 0. The van der Waals surface area contributed by atoms with Crippen LogP contribution in [0.1, 0.15) is 44.5 Å². The number of fused-ring (bicyclic) bond motifs is 6. The molecule has 328 valence electrons. The van der Waals surface area contributed by atoms with Gasteiger partial charge in [0.2, 0.25) is 0 Å². The van der Waals surface area contributed by atoms with Crippen LogP contribution in [-0.2, 0) is 32.5 Å². The van der Waals surface area contributed by atoms with Crippen LogP contribution in [0.2, 0.25) is 0 Å². The van der Waals surface area contributed by atoms with Crippen molar-refractivity contribution in [2.24, 2.45) is 9.98 Å². The molecule has 4 heterocycles. The largest absolute Gasteiger partial charge is 0.493 e. The monoisotopic (exact) mass is 860 g/mol. The van der Waals surface area contributed by atoms with Crippen LogP contribution in [0.3, 0.4) is 0 Å². The molecule has 0 aliphatic carbocycles. The molecule has 0 atom stereocenters. The van der Waals surface area contributed by atoms with Crippen LogP contribution < -0.4 is 40.3 Å². The summed E-state index contributed by atoms with van der Waals surface area (Å²) in [7, 11) is 6.46. The van der Waals surface area contributed by atoms with Gasteiger partial charge in [0.15, 0.2) is 35.1 Å². The van der Waals surface area contributed by atoms with E-state index in [-0.39, 0.29) is 18.8 Å². The quantitative estimate of drug-likeness (QED) is 0.141. The predicted molar refractivity (Wildman–Crippen MR) is 244 cm³/mol. The third-order valence-electron chi connectivity index (χ3n) is 11.5. The third-order valence-corrected chi connectivity index (χ3v) is 11.5. The van der Waals surface area contributed by atoms with Gasteiger partial charge < -0.3 is 23.7 Å². The Labute approximate surface area is 372 Å². The molecule has 4 aromatic carbocycles. The van der Waals surface area contributed by atoms with E-state index >= 15 is 0 Å². The Kier molecular flexibility index (Phi) is 13.1. The molecule has 0 bridgehead atoms. The highest BCUT2D eigenvalue weighted by Gasteiger charge is 2.24. The molecule has 0 spiro atoms. The van der Waals surface area contributed by atoms with Crippen LogP contribution in [0, 0.1) is 64.2 Å². The fourth-order valence-electron chi connectivity index (χ4n) is 8.70. The van der Waals surface area contributed by atoms with Crippen LogP contribution in [0.4, 0.5) is 11.4 Å². The van der Waals surface area contributed by atoms with E-state index in [0.29, 0.717) is 59.5 Å². The normalized spacial score (nSPS) is 12.6. The van der Waals surface area contributed by atoms with E-state index in [1.54, 1.807) is 33.0 Å². The van der Waals surface area contributed by atoms with Crippen molar-refractivity contribution in [1.29, 1.82) is 10.5 Å². The lowest BCUT2D eigenvalue weighted by atomic mass is 9.97. The molecule has 0 amide bonds. The highest BCUT2D eigenvalue weighted by atomic mass is 16.5. The third kappa shape index (κ3) is 8.72. The van der Waals surface area contributed by atoms with Crippen molar-refractivity contribution in [1.82, 2.24) is 18.7 Å². The lowest BCUT2D eigenvalue weighted by Crippen LogP contribution is -2.42. The van der Waals surface area contributed by atoms with Crippen LogP contribution in [0.15, 0.2) is 75.4 Å². The van der Waals surface area contributed by atoms with Crippen LogP contribution in [0.25, 0.3) is 22.5 Å². The number of nitriles is 2. The topological polar surface area (TPSA) is 163 Å². The maximum atomic E-state index is 13.4. The number of aromatic nitrogens is 4. The summed E-state index contributed by atoms with van der Waals surface area (Å²) in [6.07, 6.45) is 1.46. The summed E-state index contributed by atoms with van der Waals surface area (Å²) in [6.45, 7) is 13.3. The van der Waals surface area contributed by atoms with Crippen molar-refractivity contribution in [3.8, 4) is 63.7 Å². The zero-order valence-electron chi connectivity index (χ0n) is 38.0. The maximum absolute atomic E-state index is 13.4. The van der Waals surface area contributed by atoms with Crippen LogP contribution >= 0.6 is 0 Å². The number of methoxy groups -OCH3 is 4. The summed E-state index contributed by atoms with van der Waals surface area (Å²) < 4.78 is 32.8. The highest BCUT2D eigenvalue weighted by Crippen LogP contribution is 2.40. The van der Waals surface area contributed by atoms with E-state index in [2.05, 4.69) is 42.2 Å². The maximum Gasteiger partial charge on any atom is 0.331 e. The van der Waals surface area contributed by atoms with E-state index in [0.717, 1.165) is 79.3 Å². The Bertz CT molecular complexity index is 3060. The van der Waals surface area contributed by atoms with Gasteiger partial charge in [0, 0.05) is 36.3 Å². The SMILES string of the molecule is COc1cc2c(cc1OC)-c1cc(=Nc3c(C)cc(C)cc3C)n(CC#N)c(=O)n1CC2.COc1cc2c(cc1OC)-c1cc(=Nc3c(C)cc(C)cc3C)nc(OCC#N)n1CC2. The first-order valence-electron chi connectivity index (χ1n) is 20.9. The minimum atomic E-state index is -0.245. The Balaban J connectivity index is 0.000000191. The Morgan fingerprint density at radius 1 is 0.609 bits per heavy atom. The molecule has 2 aromatic heterocycles. The Morgan fingerprint density at radius 2 is 1.08 bits per heavy atom. The summed E-state index contributed by atoms with van der Waals surface area (Å²) in [5, 5.41) is 18.4. The molecule has 0 unspecified atom stereocenters. The highest BCUT2D eigenvalue weighted by molar-refractivity contribution is 5.71. The molecular formula is C50H52N8O6. The predicted octanol–water partition coefficient (Wildman–Crippen LogP) is 7.75. The second kappa shape index (κ2) is 18.8. The van der Waals surface area contributed by atoms with E-state index in [9.17, 15) is 10.1 Å². The summed E-state index contributed by atoms with van der Waals surface area (Å²) in [5.74, 6) is 2.61. The van der Waals surface area contributed by atoms with E-state index in [4.69, 9.17) is 38.9 Å². The number of benzene rings is 4. The van der Waals surface area contributed by atoms with Gasteiger partial charge in [-0.25, -0.2) is 14.8 Å². The number of rotatable bonds is 9. The minimum Gasteiger partial charge on any atom is -0.493 e. The number of hydrogen-bond donors (Lipinski definition) is 0. The summed E-state index contributed by atoms with van der Waals surface area (Å²) in [5.41, 5.74) is 14.8. The molecule has 14 heteroatoms. The second-order valence-corrected chi connectivity index (χ2v) is 15.9. The van der Waals surface area contributed by atoms with Gasteiger partial charge in [0.25, 0.3) is 6.01 Å². The lowest BCUT2D eigenvalue weighted by Gasteiger charge is -2.25. The number of aryl methyl sites for hydroxylation is 8. The van der Waals surface area contributed by atoms with Gasteiger partial charge in [-0.1, -0.05) is 35.4 Å². The fraction of sp³-hybridized carbons (Fsp3) is 0.320. The van der Waals surface area contributed by atoms with Gasteiger partial charge in [-0.05, 0) is 112 Å². The van der Waals surface area contributed by atoms with Gasteiger partial charge >= 0.3 is 5.69 Å². The van der Waals surface area contributed by atoms with Gasteiger partial charge in [0.05, 0.1) is 57.3 Å². The van der Waals surface area contributed by atoms with Crippen LogP contribution in [0.5, 0.6) is 29.0 Å². The van der Waals surface area contributed by atoms with Crippen molar-refractivity contribution in [3.05, 3.63) is 127 Å². The molecule has 0 radical (unpaired) electrons. The van der Waals surface area contributed by atoms with Crippen molar-refractivity contribution in [3.63, 3.8) is 0 Å². The van der Waals surface area contributed by atoms with Gasteiger partial charge in [-0.2, -0.15) is 15.5 Å². The Hall–Kier alpha value is -7.58. The average Bonchev–Trinajstić information content (AvgIpc) is 3.28. The Morgan fingerprint density at radius 3 is 1.56 bits per heavy atom. The van der Waals surface area contributed by atoms with Gasteiger partial charge in [-0.15, -0.1) is 0 Å². The van der Waals surface area contributed by atoms with Crippen LogP contribution in [-0.4, -0.2) is 53.7 Å². The molecule has 0 N–H and O–H groups in total. The van der Waals surface area contributed by atoms with E-state index in [1.807, 2.05) is 81.7 Å². The minimum absolute atomic E-state index is 0.0688. The van der Waals surface area contributed by atoms with E-state index in [1.165, 1.54) is 10.1 Å². The molecule has 0 saturated heterocycles. The molecular weight excluding hydrogens is 809 g/mol. The molecule has 8 rings (SSSR count). The van der Waals surface area contributed by atoms with Gasteiger partial charge in [-0.3, -0.25) is 13.7 Å². The van der Waals surface area contributed by atoms with Crippen molar-refractivity contribution in [2.45, 2.75) is 74.0 Å². The first-order chi connectivity index (χ1) is 30.8. The number of nitrogens with zero attached hydrogens (tertiary/aromatic N) is 8. The first-order valence-corrected chi connectivity index (χ1v) is 20.9. The van der Waals surface area contributed by atoms with Crippen molar-refractivity contribution >= 4 is 11.4 Å². The summed E-state index contributed by atoms with van der Waals surface area (Å²) in [4.78, 5) is 27.7. The zero-order valence-corrected chi connectivity index (χ0v) is 38.0. The zero-order chi connectivity index (χ0) is 45.8. The molecule has 0 fully saturated rings. The first kappa shape index (κ1) is 44.5. The fourth-order valence-corrected chi connectivity index (χ4v) is 8.70. The second-order valence-electron chi connectivity index (χ2n) is 15.9. The van der Waals surface area contributed by atoms with Crippen molar-refractivity contribution < 1.29 is 23.7 Å². The van der Waals surface area contributed by atoms with Gasteiger partial charge in [0.1, 0.15) is 18.1 Å².